The zero-order valence-electron chi connectivity index (χ0n) is 26.7. The molecule has 0 bridgehead atoms. The number of ether oxygens (including phenoxy) is 2. The van der Waals surface area contributed by atoms with Gasteiger partial charge in [-0.3, -0.25) is 9.59 Å². The van der Waals surface area contributed by atoms with Crippen molar-refractivity contribution in [1.82, 2.24) is 0 Å². The summed E-state index contributed by atoms with van der Waals surface area (Å²) in [6.45, 7) is 17.2. The first-order valence-corrected chi connectivity index (χ1v) is 15.1. The lowest BCUT2D eigenvalue weighted by molar-refractivity contribution is -0.159. The first-order chi connectivity index (χ1) is 19.0. The summed E-state index contributed by atoms with van der Waals surface area (Å²) in [5.41, 5.74) is 7.93. The number of carbonyl (C=O) groups is 2. The summed E-state index contributed by atoms with van der Waals surface area (Å²) in [4.78, 5) is 25.7. The highest BCUT2D eigenvalue weighted by Gasteiger charge is 2.43. The summed E-state index contributed by atoms with van der Waals surface area (Å²) in [6, 6.07) is 0. The highest BCUT2D eigenvalue weighted by Crippen LogP contribution is 2.40. The number of rotatable bonds is 17. The molecule has 0 saturated heterocycles. The Morgan fingerprint density at radius 2 is 1.30 bits per heavy atom. The van der Waals surface area contributed by atoms with Gasteiger partial charge in [0, 0.05) is 0 Å². The fourth-order valence-electron chi connectivity index (χ4n) is 5.39. The summed E-state index contributed by atoms with van der Waals surface area (Å²) in [5, 5.41) is 0. The molecular formula is C36H56O4. The fourth-order valence-corrected chi connectivity index (χ4v) is 5.39. The molecule has 2 unspecified atom stereocenters. The SMILES string of the molecule is C=C(CC/C=C(\C)CCC=C(C)C)CCC1C=C(CC/C=C(\C)CCC=C(C)C)C[C@H](C(=O)OC)C1C(=O)OC. The summed E-state index contributed by atoms with van der Waals surface area (Å²) in [5.74, 6) is -1.75. The zero-order chi connectivity index (χ0) is 30.1. The largest absolute Gasteiger partial charge is 0.469 e. The van der Waals surface area contributed by atoms with Crippen molar-refractivity contribution in [3.8, 4) is 0 Å². The summed E-state index contributed by atoms with van der Waals surface area (Å²) >= 11 is 0. The normalized spacial score (nSPS) is 19.4. The van der Waals surface area contributed by atoms with Gasteiger partial charge < -0.3 is 9.47 Å². The Hall–Kier alpha value is -2.62. The minimum atomic E-state index is -0.521. The summed E-state index contributed by atoms with van der Waals surface area (Å²) in [7, 11) is 2.81. The van der Waals surface area contributed by atoms with Crippen LogP contribution in [0.4, 0.5) is 0 Å². The van der Waals surface area contributed by atoms with Gasteiger partial charge in [-0.25, -0.2) is 0 Å². The molecule has 1 aliphatic carbocycles. The van der Waals surface area contributed by atoms with Crippen molar-refractivity contribution in [2.24, 2.45) is 17.8 Å². The third kappa shape index (κ3) is 14.1. The topological polar surface area (TPSA) is 52.6 Å². The molecule has 0 amide bonds. The molecule has 0 aromatic heterocycles. The van der Waals surface area contributed by atoms with Crippen molar-refractivity contribution >= 4 is 11.9 Å². The van der Waals surface area contributed by atoms with Crippen molar-refractivity contribution < 1.29 is 19.1 Å². The molecule has 0 aromatic carbocycles. The van der Waals surface area contributed by atoms with Gasteiger partial charge in [-0.1, -0.05) is 70.4 Å². The minimum absolute atomic E-state index is 0.0684. The predicted octanol–water partition coefficient (Wildman–Crippen LogP) is 9.79. The van der Waals surface area contributed by atoms with Gasteiger partial charge in [-0.05, 0) is 118 Å². The molecule has 4 heteroatoms. The minimum Gasteiger partial charge on any atom is -0.469 e. The van der Waals surface area contributed by atoms with Crippen LogP contribution in [0.2, 0.25) is 0 Å². The van der Waals surface area contributed by atoms with E-state index < -0.39 is 11.8 Å². The van der Waals surface area contributed by atoms with Crippen LogP contribution >= 0.6 is 0 Å². The van der Waals surface area contributed by atoms with Gasteiger partial charge in [0.1, 0.15) is 0 Å². The van der Waals surface area contributed by atoms with E-state index in [9.17, 15) is 9.59 Å². The first kappa shape index (κ1) is 35.4. The molecule has 0 N–H and O–H groups in total. The van der Waals surface area contributed by atoms with Crippen molar-refractivity contribution in [2.75, 3.05) is 14.2 Å². The van der Waals surface area contributed by atoms with Crippen LogP contribution in [0.5, 0.6) is 0 Å². The van der Waals surface area contributed by atoms with Gasteiger partial charge in [0.25, 0.3) is 0 Å². The Morgan fingerprint density at radius 3 is 1.82 bits per heavy atom. The number of hydrogen-bond donors (Lipinski definition) is 0. The first-order valence-electron chi connectivity index (χ1n) is 15.1. The van der Waals surface area contributed by atoms with Crippen LogP contribution in [0.15, 0.2) is 70.4 Å². The zero-order valence-corrected chi connectivity index (χ0v) is 26.7. The molecule has 0 saturated carbocycles. The van der Waals surface area contributed by atoms with Crippen LogP contribution in [0.3, 0.4) is 0 Å². The molecule has 0 fully saturated rings. The quantitative estimate of drug-likeness (QED) is 0.133. The number of allylic oxidation sites excluding steroid dienone is 11. The maximum absolute atomic E-state index is 12.9. The van der Waals surface area contributed by atoms with Crippen LogP contribution < -0.4 is 0 Å². The molecule has 1 rings (SSSR count). The van der Waals surface area contributed by atoms with Crippen LogP contribution in [0.25, 0.3) is 0 Å². The second-order valence-corrected chi connectivity index (χ2v) is 12.0. The maximum atomic E-state index is 12.9. The van der Waals surface area contributed by atoms with E-state index in [-0.39, 0.29) is 17.9 Å². The average Bonchev–Trinajstić information content (AvgIpc) is 2.90. The summed E-state index contributed by atoms with van der Waals surface area (Å²) < 4.78 is 10.3. The van der Waals surface area contributed by atoms with E-state index in [1.165, 1.54) is 47.7 Å². The predicted molar refractivity (Wildman–Crippen MR) is 169 cm³/mol. The molecule has 40 heavy (non-hydrogen) atoms. The van der Waals surface area contributed by atoms with Gasteiger partial charge in [-0.15, -0.1) is 0 Å². The van der Waals surface area contributed by atoms with E-state index in [0.717, 1.165) is 64.2 Å². The molecular weight excluding hydrogens is 496 g/mol. The molecule has 0 aromatic rings. The molecule has 3 atom stereocenters. The highest BCUT2D eigenvalue weighted by molar-refractivity contribution is 5.83. The highest BCUT2D eigenvalue weighted by atomic mass is 16.5. The van der Waals surface area contributed by atoms with E-state index in [2.05, 4.69) is 78.5 Å². The third-order valence-electron chi connectivity index (χ3n) is 7.77. The lowest BCUT2D eigenvalue weighted by Gasteiger charge is -2.34. The Labute approximate surface area is 245 Å². The second-order valence-electron chi connectivity index (χ2n) is 12.0. The summed E-state index contributed by atoms with van der Waals surface area (Å²) in [6.07, 6.45) is 21.6. The van der Waals surface area contributed by atoms with Crippen LogP contribution in [0, 0.1) is 17.8 Å². The van der Waals surface area contributed by atoms with Gasteiger partial charge in [0.15, 0.2) is 0 Å². The average molecular weight is 553 g/mol. The van der Waals surface area contributed by atoms with E-state index in [1.54, 1.807) is 0 Å². The van der Waals surface area contributed by atoms with Gasteiger partial charge >= 0.3 is 11.9 Å². The lowest BCUT2D eigenvalue weighted by atomic mass is 9.70. The molecule has 0 spiro atoms. The number of hydrogen-bond acceptors (Lipinski definition) is 4. The molecule has 0 heterocycles. The Kier molecular flexibility index (Phi) is 17.2. The standard InChI is InChI=1S/C36H56O4/c1-26(2)14-10-16-28(5)18-12-19-30(7)22-23-32-24-31(21-13-20-29(6)17-11-15-27(3)4)25-33(35(37)39-8)34(32)36(38)40-9/h14-15,18,20,24,32-34H,7,10-13,16-17,19,21-23,25H2,1-6,8-9H3/b28-18+,29-20+/t32?,33-,34?/m0/s1. The number of carbonyl (C=O) groups excluding carboxylic acids is 2. The van der Waals surface area contributed by atoms with Crippen LogP contribution in [0.1, 0.15) is 112 Å². The van der Waals surface area contributed by atoms with Crippen molar-refractivity contribution in [2.45, 2.75) is 112 Å². The fraction of sp³-hybridized carbons (Fsp3) is 0.611. The van der Waals surface area contributed by atoms with E-state index in [4.69, 9.17) is 9.47 Å². The van der Waals surface area contributed by atoms with E-state index >= 15 is 0 Å². The van der Waals surface area contributed by atoms with E-state index in [0.29, 0.717) is 6.42 Å². The Balaban J connectivity index is 2.89. The third-order valence-corrected chi connectivity index (χ3v) is 7.77. The molecule has 0 aliphatic heterocycles. The monoisotopic (exact) mass is 552 g/mol. The van der Waals surface area contributed by atoms with Gasteiger partial charge in [0.05, 0.1) is 26.1 Å². The lowest BCUT2D eigenvalue weighted by Crippen LogP contribution is -2.39. The maximum Gasteiger partial charge on any atom is 0.310 e. The van der Waals surface area contributed by atoms with Crippen molar-refractivity contribution in [3.63, 3.8) is 0 Å². The smallest absolute Gasteiger partial charge is 0.310 e. The van der Waals surface area contributed by atoms with Crippen molar-refractivity contribution in [3.05, 3.63) is 70.4 Å². The molecule has 4 nitrogen and oxygen atoms in total. The van der Waals surface area contributed by atoms with Crippen molar-refractivity contribution in [1.29, 1.82) is 0 Å². The Morgan fingerprint density at radius 1 is 0.775 bits per heavy atom. The van der Waals surface area contributed by atoms with Crippen LogP contribution in [-0.4, -0.2) is 26.2 Å². The molecule has 0 radical (unpaired) electrons. The number of methoxy groups -OCH3 is 2. The van der Waals surface area contributed by atoms with Gasteiger partial charge in [0.2, 0.25) is 0 Å². The molecule has 224 valence electrons. The van der Waals surface area contributed by atoms with Gasteiger partial charge in [-0.2, -0.15) is 0 Å². The van der Waals surface area contributed by atoms with Crippen LogP contribution in [-0.2, 0) is 19.1 Å². The Bertz CT molecular complexity index is 980. The molecule has 1 aliphatic rings. The van der Waals surface area contributed by atoms with E-state index in [1.807, 2.05) is 0 Å². The number of esters is 2. The second kappa shape index (κ2) is 19.5.